The molecular weight excluding hydrogens is 1270 g/mol. The van der Waals surface area contributed by atoms with Crippen molar-refractivity contribution in [3.05, 3.63) is 443 Å². The zero-order valence-corrected chi connectivity index (χ0v) is 57.8. The minimum absolute atomic E-state index is 0.476. The molecule has 1 atom stereocenters. The molecule has 0 radical (unpaired) electrons. The Hall–Kier alpha value is -13.3. The quantitative estimate of drug-likeness (QED) is 0.129. The predicted molar refractivity (Wildman–Crippen MR) is 429 cm³/mol. The highest BCUT2D eigenvalue weighted by atomic mass is 16.5. The normalized spacial score (nSPS) is 14.9. The van der Waals surface area contributed by atoms with Gasteiger partial charge in [0, 0.05) is 61.5 Å². The van der Waals surface area contributed by atoms with Gasteiger partial charge in [-0.1, -0.05) is 298 Å². The van der Waals surface area contributed by atoms with Crippen molar-refractivity contribution in [3.63, 3.8) is 0 Å². The van der Waals surface area contributed by atoms with Gasteiger partial charge in [0.05, 0.1) is 22.2 Å². The number of benzene rings is 16. The fraction of sp³-hybridized carbons (Fsp3) is 0.0495. The third-order valence-electron chi connectivity index (χ3n) is 23.3. The first-order valence-electron chi connectivity index (χ1n) is 36.5. The van der Waals surface area contributed by atoms with E-state index in [0.717, 1.165) is 108 Å². The van der Waals surface area contributed by atoms with E-state index in [4.69, 9.17) is 9.47 Å². The van der Waals surface area contributed by atoms with Gasteiger partial charge in [0.15, 0.2) is 0 Å². The van der Waals surface area contributed by atoms with E-state index in [1.54, 1.807) is 0 Å². The van der Waals surface area contributed by atoms with E-state index in [1.165, 1.54) is 83.5 Å². The third kappa shape index (κ3) is 9.00. The molecule has 0 bridgehead atoms. The minimum atomic E-state index is -0.657. The Balaban J connectivity index is 0.740. The van der Waals surface area contributed by atoms with Crippen LogP contribution in [0, 0.1) is 0 Å². The summed E-state index contributed by atoms with van der Waals surface area (Å²) in [5, 5.41) is 0. The number of fused-ring (bicyclic) bond motifs is 21. The molecule has 4 heteroatoms. The van der Waals surface area contributed by atoms with E-state index in [2.05, 4.69) is 399 Å². The van der Waals surface area contributed by atoms with Crippen molar-refractivity contribution in [2.75, 3.05) is 9.80 Å². The zero-order valence-electron chi connectivity index (χ0n) is 57.8. The van der Waals surface area contributed by atoms with E-state index >= 15 is 0 Å². The summed E-state index contributed by atoms with van der Waals surface area (Å²) >= 11 is 0. The van der Waals surface area contributed by atoms with Crippen LogP contribution in [0.1, 0.15) is 68.1 Å². The number of anilines is 6. The molecule has 0 amide bonds. The summed E-state index contributed by atoms with van der Waals surface area (Å²) in [6, 6.07) is 141. The number of hydrogen-bond acceptors (Lipinski definition) is 4. The first-order chi connectivity index (χ1) is 51.9. The largest absolute Gasteiger partial charge is 0.457 e. The lowest BCUT2D eigenvalue weighted by atomic mass is 9.66. The first kappa shape index (κ1) is 60.5. The highest BCUT2D eigenvalue weighted by molar-refractivity contribution is 6.01. The third-order valence-corrected chi connectivity index (χ3v) is 23.3. The molecule has 5 aliphatic rings. The molecule has 16 aromatic carbocycles. The summed E-state index contributed by atoms with van der Waals surface area (Å²) in [5.41, 5.74) is 32.3. The second kappa shape index (κ2) is 23.7. The number of hydrogen-bond donors (Lipinski definition) is 0. The fourth-order valence-corrected chi connectivity index (χ4v) is 18.8. The lowest BCUT2D eigenvalue weighted by Crippen LogP contribution is -2.32. The summed E-state index contributed by atoms with van der Waals surface area (Å²) < 4.78 is 13.9. The highest BCUT2D eigenvalue weighted by Gasteiger charge is 2.54. The van der Waals surface area contributed by atoms with E-state index in [-0.39, 0.29) is 0 Å². The van der Waals surface area contributed by atoms with Gasteiger partial charge >= 0.3 is 0 Å². The minimum Gasteiger partial charge on any atom is -0.457 e. The van der Waals surface area contributed by atoms with Gasteiger partial charge in [0.25, 0.3) is 0 Å². The fourth-order valence-electron chi connectivity index (χ4n) is 18.8. The number of para-hydroxylation sites is 3. The van der Waals surface area contributed by atoms with Gasteiger partial charge in [0.2, 0.25) is 0 Å². The molecule has 16 aromatic rings. The summed E-state index contributed by atoms with van der Waals surface area (Å²) in [7, 11) is 0. The molecule has 0 aromatic heterocycles. The monoisotopic (exact) mass is 1340 g/mol. The Labute approximate surface area is 612 Å². The Morgan fingerprint density at radius 3 is 1.16 bits per heavy atom. The van der Waals surface area contributed by atoms with E-state index < -0.39 is 16.2 Å². The molecule has 0 saturated carbocycles. The van der Waals surface area contributed by atoms with Gasteiger partial charge in [-0.3, -0.25) is 0 Å². The van der Waals surface area contributed by atoms with Gasteiger partial charge < -0.3 is 19.3 Å². The molecule has 3 aliphatic carbocycles. The molecule has 4 nitrogen and oxygen atoms in total. The Kier molecular flexibility index (Phi) is 13.6. The maximum absolute atomic E-state index is 7.06. The van der Waals surface area contributed by atoms with Gasteiger partial charge in [-0.2, -0.15) is 0 Å². The van der Waals surface area contributed by atoms with Crippen LogP contribution in [-0.4, -0.2) is 0 Å². The van der Waals surface area contributed by atoms with Gasteiger partial charge in [-0.25, -0.2) is 0 Å². The van der Waals surface area contributed by atoms with E-state index in [9.17, 15) is 0 Å². The topological polar surface area (TPSA) is 24.9 Å². The molecule has 105 heavy (non-hydrogen) atoms. The Morgan fingerprint density at radius 1 is 0.229 bits per heavy atom. The van der Waals surface area contributed by atoms with Crippen molar-refractivity contribution in [3.8, 4) is 89.8 Å². The predicted octanol–water partition coefficient (Wildman–Crippen LogP) is 26.1. The summed E-state index contributed by atoms with van der Waals surface area (Å²) in [6.45, 7) is 2.48. The molecule has 494 valence electrons. The maximum atomic E-state index is 7.06. The molecule has 0 saturated heterocycles. The summed E-state index contributed by atoms with van der Waals surface area (Å²) in [5.74, 6) is 3.47. The van der Waals surface area contributed by atoms with Crippen LogP contribution >= 0.6 is 0 Å². The van der Waals surface area contributed by atoms with Crippen LogP contribution in [-0.2, 0) is 22.7 Å². The maximum Gasteiger partial charge on any atom is 0.132 e. The average Bonchev–Trinajstić information content (AvgIpc) is 1.54. The number of rotatable bonds is 11. The molecule has 1 unspecified atom stereocenters. The van der Waals surface area contributed by atoms with Crippen molar-refractivity contribution in [2.24, 2.45) is 0 Å². The van der Waals surface area contributed by atoms with Crippen molar-refractivity contribution < 1.29 is 9.47 Å². The molecule has 2 heterocycles. The second-order valence-corrected chi connectivity index (χ2v) is 28.7. The average molecular weight is 1340 g/mol. The number of nitrogens with zero attached hydrogens (tertiary/aromatic N) is 2. The molecular formula is C101H68N2O2. The van der Waals surface area contributed by atoms with Crippen LogP contribution in [0.2, 0.25) is 0 Å². The molecule has 2 aliphatic heterocycles. The molecule has 0 N–H and O–H groups in total. The lowest BCUT2D eigenvalue weighted by molar-refractivity contribution is 0.436. The summed E-state index contributed by atoms with van der Waals surface area (Å²) in [6.07, 6.45) is 0.729. The Morgan fingerprint density at radius 2 is 0.610 bits per heavy atom. The highest BCUT2D eigenvalue weighted by Crippen LogP contribution is 2.66. The van der Waals surface area contributed by atoms with Crippen molar-refractivity contribution in [1.82, 2.24) is 0 Å². The second-order valence-electron chi connectivity index (χ2n) is 28.7. The lowest BCUT2D eigenvalue weighted by Gasteiger charge is -2.40. The van der Waals surface area contributed by atoms with Crippen LogP contribution in [0.3, 0.4) is 0 Å². The number of ether oxygens (including phenoxy) is 2. The first-order valence-corrected chi connectivity index (χ1v) is 36.5. The Bertz CT molecular complexity index is 6070. The van der Waals surface area contributed by atoms with E-state index in [0.29, 0.717) is 0 Å². The van der Waals surface area contributed by atoms with Gasteiger partial charge in [-0.05, 0) is 192 Å². The van der Waals surface area contributed by atoms with Crippen molar-refractivity contribution >= 4 is 34.1 Å². The van der Waals surface area contributed by atoms with Crippen LogP contribution in [0.25, 0.3) is 66.8 Å². The van der Waals surface area contributed by atoms with Crippen molar-refractivity contribution in [1.29, 1.82) is 0 Å². The summed E-state index contributed by atoms with van der Waals surface area (Å²) in [4.78, 5) is 5.02. The smallest absolute Gasteiger partial charge is 0.132 e. The zero-order chi connectivity index (χ0) is 69.4. The molecule has 0 fully saturated rings. The van der Waals surface area contributed by atoms with Crippen LogP contribution < -0.4 is 19.3 Å². The molecule has 21 rings (SSSR count). The van der Waals surface area contributed by atoms with Gasteiger partial charge in [-0.15, -0.1) is 0 Å². The standard InChI is InChI=1S/C101H68N2O2/c1-99(65-66-48-60-92(81(62-66)71-30-9-4-10-31-71)103(73-55-51-70(52-56-73)68-28-7-3-8-29-68)93-44-25-43-89-98(93)80-35-14-18-39-85(80)101(89)87-41-20-23-46-95(87)104-96-47-24-21-42-88(96)101)82-36-15-11-32-76(82)79-59-57-74(63-90(79)99)102(72-53-49-69(50-54-72)67-26-5-2-6-27-67)75-58-61-97-91(64-75)100(86-40-19-22-45-94(86)105-97)83-37-16-12-33-77(83)78-34-13-17-38-84(78)100/h2-64H,65H2,1H3. The van der Waals surface area contributed by atoms with Crippen LogP contribution in [0.15, 0.2) is 382 Å². The van der Waals surface area contributed by atoms with Gasteiger partial charge in [0.1, 0.15) is 23.0 Å². The SMILES string of the molecule is CC1(Cc2ccc(N(c3ccc(-c4ccccc4)cc3)c3cccc4c3-c3ccccc3C43c4ccccc4Oc4ccccc43)c(-c3ccccc3)c2)c2ccccc2-c2ccc(N(c3ccc(-c4ccccc4)cc3)c3ccc4c(c3)C3(c5ccccc5O4)c4ccccc4-c4ccccc43)cc21. The van der Waals surface area contributed by atoms with Crippen LogP contribution in [0.5, 0.6) is 23.0 Å². The van der Waals surface area contributed by atoms with Crippen molar-refractivity contribution in [2.45, 2.75) is 29.6 Å². The van der Waals surface area contributed by atoms with Crippen LogP contribution in [0.4, 0.5) is 34.1 Å². The van der Waals surface area contributed by atoms with E-state index in [1.807, 2.05) is 0 Å². The molecule has 2 spiro atoms.